The molecule has 0 aliphatic rings. The van der Waals surface area contributed by atoms with Crippen LogP contribution in [0.3, 0.4) is 0 Å². The molecule has 0 unspecified atom stereocenters. The Kier molecular flexibility index (Phi) is 4.51. The Morgan fingerprint density at radius 3 is 2.55 bits per heavy atom. The molecule has 0 N–H and O–H groups in total. The minimum Gasteiger partial charge on any atom is -0.496 e. The maximum Gasteiger partial charge on any atom is 0.198 e. The number of methoxy groups -OCH3 is 1. The molecule has 0 fully saturated rings. The maximum atomic E-state index is 12.7. The van der Waals surface area contributed by atoms with Gasteiger partial charge in [0, 0.05) is 10.0 Å². The summed E-state index contributed by atoms with van der Waals surface area (Å²) in [7, 11) is 1.56. The van der Waals surface area contributed by atoms with Gasteiger partial charge in [-0.1, -0.05) is 33.6 Å². The summed E-state index contributed by atoms with van der Waals surface area (Å²) in [4.78, 5) is 12.7. The predicted octanol–water partition coefficient (Wildman–Crippen LogP) is 4.96. The summed E-state index contributed by atoms with van der Waals surface area (Å²) in [5, 5.41) is 0.431. The van der Waals surface area contributed by atoms with Gasteiger partial charge in [-0.25, -0.2) is 0 Å². The van der Waals surface area contributed by atoms with Gasteiger partial charge in [0.1, 0.15) is 5.75 Å². The smallest absolute Gasteiger partial charge is 0.198 e. The number of aryl methyl sites for hydroxylation is 2. The van der Waals surface area contributed by atoms with E-state index in [1.807, 2.05) is 26.0 Å². The van der Waals surface area contributed by atoms with Gasteiger partial charge in [-0.15, -0.1) is 0 Å². The van der Waals surface area contributed by atoms with Crippen molar-refractivity contribution in [3.8, 4) is 5.75 Å². The van der Waals surface area contributed by atoms with E-state index >= 15 is 0 Å². The second-order valence-corrected chi connectivity index (χ2v) is 5.94. The van der Waals surface area contributed by atoms with Crippen LogP contribution in [0.25, 0.3) is 0 Å². The summed E-state index contributed by atoms with van der Waals surface area (Å²) in [5.74, 6) is 0.439. The van der Waals surface area contributed by atoms with Crippen molar-refractivity contribution in [2.75, 3.05) is 7.11 Å². The molecule has 2 aromatic rings. The third kappa shape index (κ3) is 2.89. The third-order valence-corrected chi connectivity index (χ3v) is 3.89. The highest BCUT2D eigenvalue weighted by atomic mass is 79.9. The summed E-state index contributed by atoms with van der Waals surface area (Å²) in [6.07, 6.45) is 0. The number of rotatable bonds is 3. The van der Waals surface area contributed by atoms with Crippen LogP contribution in [0, 0.1) is 13.8 Å². The summed E-state index contributed by atoms with van der Waals surface area (Å²) in [6.45, 7) is 3.87. The van der Waals surface area contributed by atoms with Crippen LogP contribution in [0.5, 0.6) is 5.75 Å². The van der Waals surface area contributed by atoms with E-state index < -0.39 is 0 Å². The second kappa shape index (κ2) is 5.98. The van der Waals surface area contributed by atoms with Crippen LogP contribution in [-0.2, 0) is 0 Å². The van der Waals surface area contributed by atoms with Gasteiger partial charge in [-0.2, -0.15) is 0 Å². The van der Waals surface area contributed by atoms with Crippen molar-refractivity contribution in [1.82, 2.24) is 0 Å². The zero-order valence-corrected chi connectivity index (χ0v) is 13.8. The Bertz CT molecular complexity index is 680. The van der Waals surface area contributed by atoms with Crippen LogP contribution < -0.4 is 4.74 Å². The lowest BCUT2D eigenvalue weighted by Gasteiger charge is -2.13. The van der Waals surface area contributed by atoms with E-state index in [0.29, 0.717) is 21.9 Å². The number of hydrogen-bond donors (Lipinski definition) is 0. The summed E-state index contributed by atoms with van der Waals surface area (Å²) in [6, 6.07) is 9.05. The SMILES string of the molecule is COc1cc(C)cc(C)c1C(=O)c1cc(Br)ccc1Cl. The first-order valence-corrected chi connectivity index (χ1v) is 7.26. The molecule has 0 spiro atoms. The van der Waals surface area contributed by atoms with Crippen molar-refractivity contribution in [3.05, 3.63) is 62.1 Å². The molecule has 104 valence electrons. The Morgan fingerprint density at radius 1 is 1.20 bits per heavy atom. The van der Waals surface area contributed by atoms with E-state index in [0.717, 1.165) is 15.6 Å². The largest absolute Gasteiger partial charge is 0.496 e. The third-order valence-electron chi connectivity index (χ3n) is 3.06. The second-order valence-electron chi connectivity index (χ2n) is 4.61. The summed E-state index contributed by atoms with van der Waals surface area (Å²) < 4.78 is 6.16. The molecule has 20 heavy (non-hydrogen) atoms. The lowest BCUT2D eigenvalue weighted by molar-refractivity contribution is 0.103. The highest BCUT2D eigenvalue weighted by Crippen LogP contribution is 2.30. The van der Waals surface area contributed by atoms with Crippen molar-refractivity contribution in [2.24, 2.45) is 0 Å². The van der Waals surface area contributed by atoms with E-state index in [-0.39, 0.29) is 5.78 Å². The molecule has 0 aliphatic heterocycles. The lowest BCUT2D eigenvalue weighted by atomic mass is 9.96. The van der Waals surface area contributed by atoms with Crippen molar-refractivity contribution < 1.29 is 9.53 Å². The molecule has 0 saturated carbocycles. The Balaban J connectivity index is 2.62. The zero-order chi connectivity index (χ0) is 14.9. The molecular formula is C16H14BrClO2. The lowest BCUT2D eigenvalue weighted by Crippen LogP contribution is -2.07. The fraction of sp³-hybridized carbons (Fsp3) is 0.188. The van der Waals surface area contributed by atoms with Crippen LogP contribution >= 0.6 is 27.5 Å². The van der Waals surface area contributed by atoms with Crippen LogP contribution in [0.2, 0.25) is 5.02 Å². The normalized spacial score (nSPS) is 10.4. The summed E-state index contributed by atoms with van der Waals surface area (Å²) in [5.41, 5.74) is 2.95. The topological polar surface area (TPSA) is 26.3 Å². The van der Waals surface area contributed by atoms with Crippen LogP contribution in [0.4, 0.5) is 0 Å². The average Bonchev–Trinajstić information content (AvgIpc) is 2.40. The van der Waals surface area contributed by atoms with Gasteiger partial charge >= 0.3 is 0 Å². The fourth-order valence-electron chi connectivity index (χ4n) is 2.19. The monoisotopic (exact) mass is 352 g/mol. The standard InChI is InChI=1S/C16H14BrClO2/c1-9-6-10(2)15(14(7-9)20-3)16(19)12-8-11(17)4-5-13(12)18/h4-8H,1-3H3. The Hall–Kier alpha value is -1.32. The highest BCUT2D eigenvalue weighted by Gasteiger charge is 2.20. The number of halogens is 2. The van der Waals surface area contributed by atoms with Crippen molar-refractivity contribution in [2.45, 2.75) is 13.8 Å². The molecular weight excluding hydrogens is 340 g/mol. The molecule has 0 aromatic heterocycles. The van der Waals surface area contributed by atoms with E-state index in [1.165, 1.54) is 0 Å². The fourth-order valence-corrected chi connectivity index (χ4v) is 2.75. The molecule has 2 nitrogen and oxygen atoms in total. The first-order valence-electron chi connectivity index (χ1n) is 6.09. The number of hydrogen-bond acceptors (Lipinski definition) is 2. The molecule has 0 saturated heterocycles. The Labute approximate surface area is 131 Å². The quantitative estimate of drug-likeness (QED) is 0.729. The van der Waals surface area contributed by atoms with E-state index in [4.69, 9.17) is 16.3 Å². The van der Waals surface area contributed by atoms with E-state index in [1.54, 1.807) is 25.3 Å². The molecule has 0 aliphatic carbocycles. The van der Waals surface area contributed by atoms with Crippen molar-refractivity contribution >= 4 is 33.3 Å². The molecule has 0 amide bonds. The van der Waals surface area contributed by atoms with E-state index in [2.05, 4.69) is 15.9 Å². The minimum absolute atomic E-state index is 0.134. The molecule has 0 atom stereocenters. The zero-order valence-electron chi connectivity index (χ0n) is 11.5. The number of ether oxygens (including phenoxy) is 1. The molecule has 0 radical (unpaired) electrons. The van der Waals surface area contributed by atoms with Crippen LogP contribution in [0.15, 0.2) is 34.8 Å². The Morgan fingerprint density at radius 2 is 1.90 bits per heavy atom. The van der Waals surface area contributed by atoms with E-state index in [9.17, 15) is 4.79 Å². The predicted molar refractivity (Wildman–Crippen MR) is 85.1 cm³/mol. The van der Waals surface area contributed by atoms with Gasteiger partial charge < -0.3 is 4.74 Å². The van der Waals surface area contributed by atoms with Gasteiger partial charge in [-0.3, -0.25) is 4.79 Å². The van der Waals surface area contributed by atoms with Crippen LogP contribution in [0.1, 0.15) is 27.0 Å². The molecule has 0 bridgehead atoms. The molecule has 0 heterocycles. The first kappa shape index (κ1) is 15.1. The number of carbonyl (C=O) groups excluding carboxylic acids is 1. The minimum atomic E-state index is -0.134. The van der Waals surface area contributed by atoms with Gasteiger partial charge in [0.25, 0.3) is 0 Å². The molecule has 4 heteroatoms. The number of carbonyl (C=O) groups is 1. The van der Waals surface area contributed by atoms with Gasteiger partial charge in [0.15, 0.2) is 5.78 Å². The number of benzene rings is 2. The molecule has 2 aromatic carbocycles. The highest BCUT2D eigenvalue weighted by molar-refractivity contribution is 9.10. The van der Waals surface area contributed by atoms with Gasteiger partial charge in [0.2, 0.25) is 0 Å². The van der Waals surface area contributed by atoms with Crippen molar-refractivity contribution in [1.29, 1.82) is 0 Å². The first-order chi connectivity index (χ1) is 9.43. The average molecular weight is 354 g/mol. The number of ketones is 1. The maximum absolute atomic E-state index is 12.7. The summed E-state index contributed by atoms with van der Waals surface area (Å²) >= 11 is 9.50. The van der Waals surface area contributed by atoms with Gasteiger partial charge in [-0.05, 0) is 49.2 Å². The van der Waals surface area contributed by atoms with Crippen LogP contribution in [-0.4, -0.2) is 12.9 Å². The van der Waals surface area contributed by atoms with Gasteiger partial charge in [0.05, 0.1) is 17.7 Å². The molecule has 2 rings (SSSR count). The van der Waals surface area contributed by atoms with Crippen molar-refractivity contribution in [3.63, 3.8) is 0 Å².